The Labute approximate surface area is 113 Å². The third-order valence-electron chi connectivity index (χ3n) is 3.08. The second-order valence-electron chi connectivity index (χ2n) is 5.29. The molecular weight excluding hydrogens is 236 g/mol. The molecule has 1 amide bonds. The highest BCUT2D eigenvalue weighted by Crippen LogP contribution is 2.19. The van der Waals surface area contributed by atoms with Crippen molar-refractivity contribution in [2.45, 2.75) is 26.3 Å². The van der Waals surface area contributed by atoms with Crippen LogP contribution in [-0.4, -0.2) is 11.9 Å². The van der Waals surface area contributed by atoms with Crippen LogP contribution in [0.15, 0.2) is 42.5 Å². The van der Waals surface area contributed by atoms with Crippen molar-refractivity contribution < 1.29 is 4.79 Å². The zero-order chi connectivity index (χ0) is 13.8. The van der Waals surface area contributed by atoms with E-state index in [1.807, 2.05) is 42.5 Å². The molecule has 0 aliphatic carbocycles. The zero-order valence-corrected chi connectivity index (χ0v) is 11.4. The minimum atomic E-state index is -0.452. The number of fused-ring (bicyclic) bond motifs is 1. The summed E-state index contributed by atoms with van der Waals surface area (Å²) in [6.07, 6.45) is 0.694. The predicted molar refractivity (Wildman–Crippen MR) is 80.0 cm³/mol. The van der Waals surface area contributed by atoms with Crippen molar-refractivity contribution in [2.75, 3.05) is 5.32 Å². The molecule has 3 nitrogen and oxygen atoms in total. The molecular formula is C16H20N2O. The van der Waals surface area contributed by atoms with E-state index in [4.69, 9.17) is 5.73 Å². The number of nitrogens with one attached hydrogen (secondary N) is 1. The Bertz CT molecular complexity index is 578. The van der Waals surface area contributed by atoms with Gasteiger partial charge in [0.1, 0.15) is 0 Å². The van der Waals surface area contributed by atoms with Crippen LogP contribution in [0.4, 0.5) is 5.69 Å². The van der Waals surface area contributed by atoms with E-state index in [1.54, 1.807) is 0 Å². The molecule has 3 N–H and O–H groups in total. The van der Waals surface area contributed by atoms with Crippen LogP contribution in [0.2, 0.25) is 0 Å². The number of hydrogen-bond donors (Lipinski definition) is 2. The Hall–Kier alpha value is -1.87. The van der Waals surface area contributed by atoms with Crippen LogP contribution in [-0.2, 0) is 4.79 Å². The summed E-state index contributed by atoms with van der Waals surface area (Å²) >= 11 is 0. The molecule has 0 unspecified atom stereocenters. The van der Waals surface area contributed by atoms with Crippen LogP contribution in [0, 0.1) is 5.92 Å². The van der Waals surface area contributed by atoms with Gasteiger partial charge in [-0.25, -0.2) is 0 Å². The summed E-state index contributed by atoms with van der Waals surface area (Å²) in [5.74, 6) is 0.293. The molecule has 0 fully saturated rings. The maximum absolute atomic E-state index is 11.9. The fraction of sp³-hybridized carbons (Fsp3) is 0.312. The largest absolute Gasteiger partial charge is 0.325 e. The molecule has 2 aromatic rings. The summed E-state index contributed by atoms with van der Waals surface area (Å²) in [6.45, 7) is 4.12. The number of benzene rings is 2. The van der Waals surface area contributed by atoms with Gasteiger partial charge < -0.3 is 11.1 Å². The third-order valence-corrected chi connectivity index (χ3v) is 3.08. The van der Waals surface area contributed by atoms with Gasteiger partial charge in [0.25, 0.3) is 0 Å². The van der Waals surface area contributed by atoms with Gasteiger partial charge in [-0.3, -0.25) is 4.79 Å². The molecule has 0 aliphatic rings. The lowest BCUT2D eigenvalue weighted by Gasteiger charge is -2.14. The average Bonchev–Trinajstić information content (AvgIpc) is 2.37. The van der Waals surface area contributed by atoms with E-state index >= 15 is 0 Å². The van der Waals surface area contributed by atoms with Crippen LogP contribution >= 0.6 is 0 Å². The first kappa shape index (κ1) is 13.6. The topological polar surface area (TPSA) is 55.1 Å². The van der Waals surface area contributed by atoms with E-state index in [9.17, 15) is 4.79 Å². The van der Waals surface area contributed by atoms with Crippen molar-refractivity contribution in [3.63, 3.8) is 0 Å². The molecule has 0 saturated carbocycles. The Balaban J connectivity index is 2.10. The van der Waals surface area contributed by atoms with Gasteiger partial charge in [-0.2, -0.15) is 0 Å². The lowest BCUT2D eigenvalue weighted by molar-refractivity contribution is -0.117. The lowest BCUT2D eigenvalue weighted by atomic mass is 10.0. The SMILES string of the molecule is CC(C)C[C@H](N)C(=O)Nc1ccc2ccccc2c1. The van der Waals surface area contributed by atoms with Crippen LogP contribution in [0.1, 0.15) is 20.3 Å². The predicted octanol–water partition coefficient (Wildman–Crippen LogP) is 3.15. The molecule has 19 heavy (non-hydrogen) atoms. The van der Waals surface area contributed by atoms with E-state index in [-0.39, 0.29) is 5.91 Å². The van der Waals surface area contributed by atoms with Crippen molar-refractivity contribution in [1.82, 2.24) is 0 Å². The molecule has 0 aromatic heterocycles. The van der Waals surface area contributed by atoms with Gasteiger partial charge in [-0.15, -0.1) is 0 Å². The summed E-state index contributed by atoms with van der Waals surface area (Å²) in [5, 5.41) is 5.14. The lowest BCUT2D eigenvalue weighted by Crippen LogP contribution is -2.36. The molecule has 2 rings (SSSR count). The van der Waals surface area contributed by atoms with Crippen molar-refractivity contribution in [1.29, 1.82) is 0 Å². The highest BCUT2D eigenvalue weighted by molar-refractivity contribution is 5.97. The molecule has 0 saturated heterocycles. The first-order valence-electron chi connectivity index (χ1n) is 6.61. The van der Waals surface area contributed by atoms with E-state index in [1.165, 1.54) is 0 Å². The van der Waals surface area contributed by atoms with Gasteiger partial charge >= 0.3 is 0 Å². The standard InChI is InChI=1S/C16H20N2O/c1-11(2)9-15(17)16(19)18-14-8-7-12-5-3-4-6-13(12)10-14/h3-8,10-11,15H,9,17H2,1-2H3,(H,18,19)/t15-/m0/s1. The maximum atomic E-state index is 11.9. The number of anilines is 1. The molecule has 0 bridgehead atoms. The number of rotatable bonds is 4. The van der Waals surface area contributed by atoms with Crippen LogP contribution in [0.5, 0.6) is 0 Å². The first-order chi connectivity index (χ1) is 9.06. The molecule has 0 aliphatic heterocycles. The van der Waals surface area contributed by atoms with Gasteiger partial charge in [0.05, 0.1) is 6.04 Å². The summed E-state index contributed by atoms with van der Waals surface area (Å²) in [7, 11) is 0. The van der Waals surface area contributed by atoms with Crippen molar-refractivity contribution in [2.24, 2.45) is 11.7 Å². The molecule has 3 heteroatoms. The highest BCUT2D eigenvalue weighted by Gasteiger charge is 2.14. The average molecular weight is 256 g/mol. The molecule has 1 atom stereocenters. The van der Waals surface area contributed by atoms with Crippen molar-refractivity contribution in [3.8, 4) is 0 Å². The minimum Gasteiger partial charge on any atom is -0.325 e. The monoisotopic (exact) mass is 256 g/mol. The quantitative estimate of drug-likeness (QED) is 0.883. The first-order valence-corrected chi connectivity index (χ1v) is 6.61. The normalized spacial score (nSPS) is 12.6. The Morgan fingerprint density at radius 1 is 1.16 bits per heavy atom. The Morgan fingerprint density at radius 3 is 2.53 bits per heavy atom. The Morgan fingerprint density at radius 2 is 1.84 bits per heavy atom. The van der Waals surface area contributed by atoms with Gasteiger partial charge in [0, 0.05) is 5.69 Å². The molecule has 2 aromatic carbocycles. The smallest absolute Gasteiger partial charge is 0.241 e. The molecule has 0 spiro atoms. The van der Waals surface area contributed by atoms with Crippen LogP contribution in [0.3, 0.4) is 0 Å². The van der Waals surface area contributed by atoms with Gasteiger partial charge in [0.2, 0.25) is 5.91 Å². The second-order valence-corrected chi connectivity index (χ2v) is 5.29. The number of hydrogen-bond acceptors (Lipinski definition) is 2. The molecule has 0 radical (unpaired) electrons. The summed E-state index contributed by atoms with van der Waals surface area (Å²) in [5.41, 5.74) is 6.66. The van der Waals surface area contributed by atoms with E-state index in [0.717, 1.165) is 16.5 Å². The summed E-state index contributed by atoms with van der Waals surface area (Å²) < 4.78 is 0. The molecule has 100 valence electrons. The number of carbonyl (C=O) groups excluding carboxylic acids is 1. The fourth-order valence-electron chi connectivity index (χ4n) is 2.12. The van der Waals surface area contributed by atoms with Gasteiger partial charge in [0.15, 0.2) is 0 Å². The van der Waals surface area contributed by atoms with Crippen LogP contribution < -0.4 is 11.1 Å². The number of nitrogens with two attached hydrogens (primary N) is 1. The highest BCUT2D eigenvalue weighted by atomic mass is 16.2. The van der Waals surface area contributed by atoms with Crippen LogP contribution in [0.25, 0.3) is 10.8 Å². The zero-order valence-electron chi connectivity index (χ0n) is 11.4. The second kappa shape index (κ2) is 5.85. The Kier molecular flexibility index (Phi) is 4.17. The fourth-order valence-corrected chi connectivity index (χ4v) is 2.12. The summed E-state index contributed by atoms with van der Waals surface area (Å²) in [4.78, 5) is 11.9. The third kappa shape index (κ3) is 3.55. The van der Waals surface area contributed by atoms with E-state index in [0.29, 0.717) is 12.3 Å². The summed E-state index contributed by atoms with van der Waals surface area (Å²) in [6, 6.07) is 13.5. The van der Waals surface area contributed by atoms with E-state index < -0.39 is 6.04 Å². The number of amides is 1. The van der Waals surface area contributed by atoms with Gasteiger partial charge in [-0.05, 0) is 35.2 Å². The van der Waals surface area contributed by atoms with Gasteiger partial charge in [-0.1, -0.05) is 44.2 Å². The maximum Gasteiger partial charge on any atom is 0.241 e. The number of carbonyl (C=O) groups is 1. The minimum absolute atomic E-state index is 0.121. The van der Waals surface area contributed by atoms with Crippen molar-refractivity contribution in [3.05, 3.63) is 42.5 Å². The molecule has 0 heterocycles. The van der Waals surface area contributed by atoms with Crippen molar-refractivity contribution >= 4 is 22.4 Å². The van der Waals surface area contributed by atoms with E-state index in [2.05, 4.69) is 19.2 Å².